The van der Waals surface area contributed by atoms with Gasteiger partial charge in [0.05, 0.1) is 6.54 Å². The maximum Gasteiger partial charge on any atom is 0.274 e. The summed E-state index contributed by atoms with van der Waals surface area (Å²) in [6, 6.07) is 19.9. The summed E-state index contributed by atoms with van der Waals surface area (Å²) in [5.74, 6) is -1.26. The van der Waals surface area contributed by atoms with Crippen LogP contribution in [0.25, 0.3) is 0 Å². The molecule has 0 N–H and O–H groups in total. The first-order chi connectivity index (χ1) is 13.1. The molecule has 1 heterocycles. The van der Waals surface area contributed by atoms with E-state index in [1.54, 1.807) is 11.8 Å². The predicted molar refractivity (Wildman–Crippen MR) is 114 cm³/mol. The third-order valence-electron chi connectivity index (χ3n) is 5.83. The third kappa shape index (κ3) is 3.79. The van der Waals surface area contributed by atoms with Crippen LogP contribution in [0.5, 0.6) is 0 Å². The van der Waals surface area contributed by atoms with E-state index < -0.39 is 20.3 Å². The van der Waals surface area contributed by atoms with E-state index >= 15 is 0 Å². The van der Waals surface area contributed by atoms with Crippen molar-refractivity contribution in [2.75, 3.05) is 0 Å². The molecule has 0 aromatic heterocycles. The zero-order valence-corrected chi connectivity index (χ0v) is 18.7. The van der Waals surface area contributed by atoms with Crippen LogP contribution in [-0.4, -0.2) is 25.2 Å². The molecule has 0 aliphatic carbocycles. The van der Waals surface area contributed by atoms with Gasteiger partial charge in [0.2, 0.25) is 0 Å². The Bertz CT molecular complexity index is 817. The van der Waals surface area contributed by atoms with Gasteiger partial charge >= 0.3 is 0 Å². The standard InChI is InChI=1S/C23H31NO3Si/c1-18-21(25)24(17-19-13-9-7-10-14-19)23(26-18,20-15-11-8-12-16-20)27-28(5,6)22(2,3)4/h7-16,18H,17H2,1-6H3/t18-,23-/m0/s1. The van der Waals surface area contributed by atoms with Crippen molar-refractivity contribution in [1.82, 2.24) is 4.90 Å². The van der Waals surface area contributed by atoms with E-state index in [0.717, 1.165) is 11.1 Å². The molecular formula is C23H31NO3Si. The maximum absolute atomic E-state index is 13.2. The fraction of sp³-hybridized carbons (Fsp3) is 0.435. The summed E-state index contributed by atoms with van der Waals surface area (Å²) < 4.78 is 13.2. The van der Waals surface area contributed by atoms with E-state index in [1.807, 2.05) is 60.7 Å². The second kappa shape index (κ2) is 7.47. The summed E-state index contributed by atoms with van der Waals surface area (Å²) in [7, 11) is -2.26. The van der Waals surface area contributed by atoms with Crippen LogP contribution in [0, 0.1) is 0 Å². The molecule has 2 aromatic carbocycles. The molecule has 2 atom stereocenters. The highest BCUT2D eigenvalue weighted by Gasteiger charge is 2.57. The molecule has 0 unspecified atom stereocenters. The lowest BCUT2D eigenvalue weighted by Crippen LogP contribution is -2.55. The van der Waals surface area contributed by atoms with Crippen molar-refractivity contribution >= 4 is 14.2 Å². The Morgan fingerprint density at radius 1 is 1.04 bits per heavy atom. The predicted octanol–water partition coefficient (Wildman–Crippen LogP) is 5.27. The van der Waals surface area contributed by atoms with Gasteiger partial charge in [0, 0.05) is 5.56 Å². The minimum atomic E-state index is -2.26. The number of benzene rings is 2. The molecule has 1 aliphatic rings. The summed E-state index contributed by atoms with van der Waals surface area (Å²) >= 11 is 0. The molecule has 0 saturated carbocycles. The highest BCUT2D eigenvalue weighted by atomic mass is 28.4. The van der Waals surface area contributed by atoms with Crippen LogP contribution in [0.15, 0.2) is 60.7 Å². The molecule has 5 heteroatoms. The molecule has 1 saturated heterocycles. The van der Waals surface area contributed by atoms with Crippen LogP contribution < -0.4 is 0 Å². The maximum atomic E-state index is 13.2. The minimum absolute atomic E-state index is 0.0224. The average Bonchev–Trinajstić information content (AvgIpc) is 2.87. The van der Waals surface area contributed by atoms with Crippen LogP contribution in [0.4, 0.5) is 0 Å². The van der Waals surface area contributed by atoms with Crippen molar-refractivity contribution in [3.05, 3.63) is 71.8 Å². The summed E-state index contributed by atoms with van der Waals surface area (Å²) in [4.78, 5) is 14.9. The van der Waals surface area contributed by atoms with E-state index in [4.69, 9.17) is 9.16 Å². The van der Waals surface area contributed by atoms with Gasteiger partial charge in [0.1, 0.15) is 6.10 Å². The van der Waals surface area contributed by atoms with Gasteiger partial charge in [-0.15, -0.1) is 0 Å². The molecular weight excluding hydrogens is 366 g/mol. The minimum Gasteiger partial charge on any atom is -0.370 e. The van der Waals surface area contributed by atoms with Gasteiger partial charge in [0.25, 0.3) is 11.8 Å². The van der Waals surface area contributed by atoms with Gasteiger partial charge in [-0.25, -0.2) is 0 Å². The highest BCUT2D eigenvalue weighted by Crippen LogP contribution is 2.47. The van der Waals surface area contributed by atoms with Crippen molar-refractivity contribution in [3.63, 3.8) is 0 Å². The lowest BCUT2D eigenvalue weighted by molar-refractivity contribution is -0.254. The zero-order valence-electron chi connectivity index (χ0n) is 17.7. The molecule has 1 fully saturated rings. The summed E-state index contributed by atoms with van der Waals surface area (Å²) in [5.41, 5.74) is 1.90. The van der Waals surface area contributed by atoms with Crippen molar-refractivity contribution in [2.24, 2.45) is 0 Å². The van der Waals surface area contributed by atoms with Gasteiger partial charge in [-0.05, 0) is 30.6 Å². The second-order valence-corrected chi connectivity index (χ2v) is 13.7. The molecule has 4 nitrogen and oxygen atoms in total. The van der Waals surface area contributed by atoms with Gasteiger partial charge in [-0.2, -0.15) is 0 Å². The first kappa shape index (κ1) is 20.8. The van der Waals surface area contributed by atoms with E-state index in [9.17, 15) is 4.79 Å². The Hall–Kier alpha value is -1.95. The normalized spacial score (nSPS) is 23.3. The lowest BCUT2D eigenvalue weighted by Gasteiger charge is -2.46. The quantitative estimate of drug-likeness (QED) is 0.646. The molecule has 1 amide bonds. The number of ether oxygens (including phenoxy) is 1. The average molecular weight is 398 g/mol. The van der Waals surface area contributed by atoms with Crippen LogP contribution in [0.2, 0.25) is 18.1 Å². The van der Waals surface area contributed by atoms with Crippen molar-refractivity contribution in [3.8, 4) is 0 Å². The topological polar surface area (TPSA) is 38.8 Å². The number of nitrogens with zero attached hydrogens (tertiary/aromatic N) is 1. The fourth-order valence-electron chi connectivity index (χ4n) is 3.18. The number of hydrogen-bond donors (Lipinski definition) is 0. The molecule has 28 heavy (non-hydrogen) atoms. The van der Waals surface area contributed by atoms with Gasteiger partial charge in [0.15, 0.2) is 8.32 Å². The van der Waals surface area contributed by atoms with Gasteiger partial charge in [-0.1, -0.05) is 81.4 Å². The van der Waals surface area contributed by atoms with Gasteiger partial charge < -0.3 is 9.16 Å². The Morgan fingerprint density at radius 2 is 1.57 bits per heavy atom. The van der Waals surface area contributed by atoms with E-state index in [2.05, 4.69) is 33.9 Å². The number of carbonyl (C=O) groups is 1. The third-order valence-corrected chi connectivity index (χ3v) is 10.2. The Labute approximate surface area is 169 Å². The SMILES string of the molecule is C[C@@H]1O[C@](O[Si](C)(C)C(C)(C)C)(c2ccccc2)N(Cc2ccccc2)C1=O. The second-order valence-electron chi connectivity index (χ2n) is 8.98. The number of carbonyl (C=O) groups excluding carboxylic acids is 1. The Balaban J connectivity index is 2.12. The largest absolute Gasteiger partial charge is 0.370 e. The molecule has 0 spiro atoms. The number of rotatable bonds is 5. The monoisotopic (exact) mass is 397 g/mol. The number of amides is 1. The van der Waals surface area contributed by atoms with E-state index in [-0.39, 0.29) is 10.9 Å². The van der Waals surface area contributed by atoms with E-state index in [0.29, 0.717) is 6.54 Å². The van der Waals surface area contributed by atoms with Crippen LogP contribution in [-0.2, 0) is 26.4 Å². The Kier molecular flexibility index (Phi) is 5.54. The molecule has 0 bridgehead atoms. The molecule has 1 aliphatic heterocycles. The molecule has 150 valence electrons. The van der Waals surface area contributed by atoms with Crippen molar-refractivity contribution < 1.29 is 14.0 Å². The summed E-state index contributed by atoms with van der Waals surface area (Å²) in [6.07, 6.45) is -0.561. The molecule has 2 aromatic rings. The highest BCUT2D eigenvalue weighted by molar-refractivity contribution is 6.74. The molecule has 0 radical (unpaired) electrons. The van der Waals surface area contributed by atoms with Gasteiger partial charge in [-0.3, -0.25) is 9.69 Å². The zero-order chi connectivity index (χ0) is 20.6. The smallest absolute Gasteiger partial charge is 0.274 e. The summed E-state index contributed by atoms with van der Waals surface area (Å²) in [5, 5.41) is -0.0224. The van der Waals surface area contributed by atoms with Crippen LogP contribution in [0.3, 0.4) is 0 Å². The summed E-state index contributed by atoms with van der Waals surface area (Å²) in [6.45, 7) is 13.2. The van der Waals surface area contributed by atoms with Crippen LogP contribution in [0.1, 0.15) is 38.8 Å². The first-order valence-corrected chi connectivity index (χ1v) is 12.8. The lowest BCUT2D eigenvalue weighted by atomic mass is 10.1. The van der Waals surface area contributed by atoms with E-state index in [1.165, 1.54) is 0 Å². The molecule has 3 rings (SSSR count). The van der Waals surface area contributed by atoms with Crippen LogP contribution >= 0.6 is 0 Å². The van der Waals surface area contributed by atoms with Crippen molar-refractivity contribution in [2.45, 2.75) is 64.4 Å². The fourth-order valence-corrected chi connectivity index (χ4v) is 4.45. The number of hydrogen-bond acceptors (Lipinski definition) is 3. The Morgan fingerprint density at radius 3 is 2.11 bits per heavy atom. The van der Waals surface area contributed by atoms with Crippen molar-refractivity contribution in [1.29, 1.82) is 0 Å². The first-order valence-electron chi connectivity index (χ1n) is 9.86.